The number of hydrogen-bond acceptors (Lipinski definition) is 2. The minimum Gasteiger partial charge on any atom is -0.398 e. The van der Waals surface area contributed by atoms with Crippen molar-refractivity contribution in [3.8, 4) is 22.3 Å². The molecule has 4 N–H and O–H groups in total. The second kappa shape index (κ2) is 19.9. The fraction of sp³-hybridized carbons (Fsp3) is 0.565. The highest BCUT2D eigenvalue weighted by atomic mass is 14.6. The van der Waals surface area contributed by atoms with Gasteiger partial charge in [0.05, 0.1) is 0 Å². The topological polar surface area (TPSA) is 52.0 Å². The van der Waals surface area contributed by atoms with Crippen molar-refractivity contribution >= 4 is 11.4 Å². The quantitative estimate of drug-likeness (QED) is 0.0726. The molecule has 0 saturated carbocycles. The molecule has 0 bridgehead atoms. The van der Waals surface area contributed by atoms with Crippen molar-refractivity contribution in [1.82, 2.24) is 0 Å². The van der Waals surface area contributed by atoms with Crippen LogP contribution >= 0.6 is 0 Å². The van der Waals surface area contributed by atoms with E-state index in [1.807, 2.05) is 0 Å². The van der Waals surface area contributed by atoms with Crippen LogP contribution in [0.3, 0.4) is 0 Å². The molecular formula is C46H70N2. The number of allylic oxidation sites excluding steroid dienone is 2. The standard InChI is InChI=1S/C46H70N2/c1-10-11-12-13-14-15-16-17-18-19-20-21-22-23-24-25-26-38-31-41(32(2)3)43(39-27-34(6)45(47)35(7)28-39)44(42(38)33(4)5)40-29-36(8)46(48)37(9)30-40/h17-18,27-33H,10-16,19-26,47-48H2,1-9H3/b18-17-. The summed E-state index contributed by atoms with van der Waals surface area (Å²) >= 11 is 0. The van der Waals surface area contributed by atoms with Gasteiger partial charge in [-0.3, -0.25) is 0 Å². The zero-order chi connectivity index (χ0) is 35.2. The van der Waals surface area contributed by atoms with Crippen LogP contribution in [0.2, 0.25) is 0 Å². The van der Waals surface area contributed by atoms with Gasteiger partial charge in [0.2, 0.25) is 0 Å². The fourth-order valence-corrected chi connectivity index (χ4v) is 7.51. The summed E-state index contributed by atoms with van der Waals surface area (Å²) in [4.78, 5) is 0. The fourth-order valence-electron chi connectivity index (χ4n) is 7.51. The molecule has 264 valence electrons. The number of anilines is 2. The van der Waals surface area contributed by atoms with Crippen LogP contribution in [-0.2, 0) is 6.42 Å². The van der Waals surface area contributed by atoms with Crippen LogP contribution in [0.25, 0.3) is 22.3 Å². The molecule has 2 heteroatoms. The van der Waals surface area contributed by atoms with Gasteiger partial charge in [-0.05, 0) is 164 Å². The average Bonchev–Trinajstić information content (AvgIpc) is 3.04. The van der Waals surface area contributed by atoms with Gasteiger partial charge in [0.1, 0.15) is 0 Å². The van der Waals surface area contributed by atoms with Crippen LogP contribution < -0.4 is 11.5 Å². The van der Waals surface area contributed by atoms with E-state index in [4.69, 9.17) is 11.5 Å². The second-order valence-electron chi connectivity index (χ2n) is 15.3. The van der Waals surface area contributed by atoms with E-state index in [2.05, 4.69) is 105 Å². The summed E-state index contributed by atoms with van der Waals surface area (Å²) in [7, 11) is 0. The molecule has 3 aromatic carbocycles. The van der Waals surface area contributed by atoms with E-state index < -0.39 is 0 Å². The maximum Gasteiger partial charge on any atom is 0.0373 e. The third-order valence-electron chi connectivity index (χ3n) is 10.4. The Morgan fingerprint density at radius 1 is 0.521 bits per heavy atom. The molecule has 0 aliphatic rings. The van der Waals surface area contributed by atoms with Gasteiger partial charge in [-0.15, -0.1) is 0 Å². The summed E-state index contributed by atoms with van der Waals surface area (Å²) in [6.07, 6.45) is 24.8. The summed E-state index contributed by atoms with van der Waals surface area (Å²) in [6.45, 7) is 20.3. The third kappa shape index (κ3) is 11.0. The molecule has 48 heavy (non-hydrogen) atoms. The molecule has 0 aliphatic heterocycles. The van der Waals surface area contributed by atoms with Crippen molar-refractivity contribution in [3.05, 3.63) is 81.4 Å². The Balaban J connectivity index is 1.78. The van der Waals surface area contributed by atoms with Gasteiger partial charge in [0.25, 0.3) is 0 Å². The first-order chi connectivity index (χ1) is 23.0. The van der Waals surface area contributed by atoms with Gasteiger partial charge in [-0.2, -0.15) is 0 Å². The van der Waals surface area contributed by atoms with Crippen LogP contribution in [0.4, 0.5) is 11.4 Å². The summed E-state index contributed by atoms with van der Waals surface area (Å²) in [6, 6.07) is 11.8. The van der Waals surface area contributed by atoms with Crippen LogP contribution in [0, 0.1) is 27.7 Å². The molecule has 0 saturated heterocycles. The predicted octanol–water partition coefficient (Wildman–Crippen LogP) is 14.2. The Kier molecular flexibility index (Phi) is 16.3. The molecule has 0 aromatic heterocycles. The highest BCUT2D eigenvalue weighted by Crippen LogP contribution is 2.46. The lowest BCUT2D eigenvalue weighted by atomic mass is 9.76. The lowest BCUT2D eigenvalue weighted by Gasteiger charge is -2.28. The van der Waals surface area contributed by atoms with E-state index in [0.29, 0.717) is 11.8 Å². The molecular weight excluding hydrogens is 581 g/mol. The number of rotatable bonds is 20. The summed E-state index contributed by atoms with van der Waals surface area (Å²) in [5.74, 6) is 0.797. The van der Waals surface area contributed by atoms with E-state index in [1.165, 1.54) is 129 Å². The van der Waals surface area contributed by atoms with Crippen LogP contribution in [-0.4, -0.2) is 0 Å². The first-order valence-corrected chi connectivity index (χ1v) is 19.6. The molecule has 0 radical (unpaired) electrons. The summed E-state index contributed by atoms with van der Waals surface area (Å²) in [5.41, 5.74) is 29.1. The van der Waals surface area contributed by atoms with E-state index in [1.54, 1.807) is 0 Å². The molecule has 3 aromatic rings. The Morgan fingerprint density at radius 3 is 1.38 bits per heavy atom. The average molecular weight is 651 g/mol. The zero-order valence-corrected chi connectivity index (χ0v) is 32.5. The van der Waals surface area contributed by atoms with Gasteiger partial charge < -0.3 is 11.5 Å². The molecule has 2 nitrogen and oxygen atoms in total. The van der Waals surface area contributed by atoms with E-state index in [9.17, 15) is 0 Å². The van der Waals surface area contributed by atoms with Gasteiger partial charge in [0, 0.05) is 11.4 Å². The van der Waals surface area contributed by atoms with Gasteiger partial charge in [0.15, 0.2) is 0 Å². The minimum atomic E-state index is 0.396. The highest BCUT2D eigenvalue weighted by molar-refractivity contribution is 5.91. The molecule has 0 amide bonds. The number of nitrogen functional groups attached to an aromatic ring is 2. The summed E-state index contributed by atoms with van der Waals surface area (Å²) < 4.78 is 0. The Hall–Kier alpha value is -3.00. The smallest absolute Gasteiger partial charge is 0.0373 e. The third-order valence-corrected chi connectivity index (χ3v) is 10.4. The maximum absolute atomic E-state index is 6.50. The molecule has 3 rings (SSSR count). The normalized spacial score (nSPS) is 11.9. The van der Waals surface area contributed by atoms with Crippen molar-refractivity contribution in [1.29, 1.82) is 0 Å². The second-order valence-corrected chi connectivity index (χ2v) is 15.3. The molecule has 0 aliphatic carbocycles. The Labute approximate surface area is 296 Å². The lowest BCUT2D eigenvalue weighted by molar-refractivity contribution is 0.594. The predicted molar refractivity (Wildman–Crippen MR) is 216 cm³/mol. The van der Waals surface area contributed by atoms with E-state index >= 15 is 0 Å². The first-order valence-electron chi connectivity index (χ1n) is 19.6. The number of unbranched alkanes of at least 4 members (excludes halogenated alkanes) is 12. The number of benzene rings is 3. The molecule has 0 unspecified atom stereocenters. The first kappa shape index (κ1) is 39.4. The van der Waals surface area contributed by atoms with E-state index in [-0.39, 0.29) is 0 Å². The molecule has 0 fully saturated rings. The highest BCUT2D eigenvalue weighted by Gasteiger charge is 2.25. The van der Waals surface area contributed by atoms with E-state index in [0.717, 1.165) is 40.0 Å². The number of nitrogens with two attached hydrogens (primary N) is 2. The zero-order valence-electron chi connectivity index (χ0n) is 32.5. The van der Waals surface area contributed by atoms with Crippen molar-refractivity contribution in [2.24, 2.45) is 0 Å². The largest absolute Gasteiger partial charge is 0.398 e. The number of aryl methyl sites for hydroxylation is 5. The van der Waals surface area contributed by atoms with Crippen molar-refractivity contribution in [2.45, 2.75) is 170 Å². The maximum atomic E-state index is 6.50. The van der Waals surface area contributed by atoms with Gasteiger partial charge >= 0.3 is 0 Å². The number of hydrogen-bond donors (Lipinski definition) is 2. The monoisotopic (exact) mass is 651 g/mol. The molecule has 0 atom stereocenters. The van der Waals surface area contributed by atoms with Crippen molar-refractivity contribution < 1.29 is 0 Å². The van der Waals surface area contributed by atoms with Crippen LogP contribution in [0.5, 0.6) is 0 Å². The SMILES string of the molecule is CCCCCCCC/C=C\CCCCCCCCc1cc(C(C)C)c(-c2cc(C)c(N)c(C)c2)c(-c2cc(C)c(N)c(C)c2)c1C(C)C. The Bertz CT molecular complexity index is 1430. The Morgan fingerprint density at radius 2 is 0.938 bits per heavy atom. The van der Waals surface area contributed by atoms with Crippen LogP contribution in [0.15, 0.2) is 42.5 Å². The van der Waals surface area contributed by atoms with Gasteiger partial charge in [-0.25, -0.2) is 0 Å². The molecule has 0 heterocycles. The van der Waals surface area contributed by atoms with Crippen LogP contribution in [0.1, 0.15) is 175 Å². The van der Waals surface area contributed by atoms with Gasteiger partial charge in [-0.1, -0.05) is 111 Å². The van der Waals surface area contributed by atoms with Crippen molar-refractivity contribution in [3.63, 3.8) is 0 Å². The lowest BCUT2D eigenvalue weighted by Crippen LogP contribution is -2.08. The molecule has 0 spiro atoms. The minimum absolute atomic E-state index is 0.396. The van der Waals surface area contributed by atoms with Crippen molar-refractivity contribution in [2.75, 3.05) is 11.5 Å². The summed E-state index contributed by atoms with van der Waals surface area (Å²) in [5, 5.41) is 0.